The molecule has 4 nitrogen and oxygen atoms in total. The number of aromatic amines is 1. The fourth-order valence-corrected chi connectivity index (χ4v) is 4.23. The Balaban J connectivity index is 1.23. The molecule has 0 atom stereocenters. The van der Waals surface area contributed by atoms with Crippen LogP contribution in [0.3, 0.4) is 0 Å². The molecule has 1 saturated heterocycles. The first-order valence-corrected chi connectivity index (χ1v) is 9.95. The van der Waals surface area contributed by atoms with Gasteiger partial charge in [-0.2, -0.15) is 5.10 Å². The highest BCUT2D eigenvalue weighted by Gasteiger charge is 2.19. The Labute approximate surface area is 155 Å². The van der Waals surface area contributed by atoms with Gasteiger partial charge in [0.1, 0.15) is 0 Å². The van der Waals surface area contributed by atoms with E-state index in [1.54, 1.807) is 0 Å². The van der Waals surface area contributed by atoms with E-state index in [1.165, 1.54) is 61.3 Å². The smallest absolute Gasteiger partial charge is 0.0656 e. The van der Waals surface area contributed by atoms with Crippen LogP contribution in [0.4, 0.5) is 5.69 Å². The Morgan fingerprint density at radius 2 is 1.76 bits per heavy atom. The van der Waals surface area contributed by atoms with Crippen LogP contribution in [0.25, 0.3) is 0 Å². The van der Waals surface area contributed by atoms with Crippen LogP contribution in [0.2, 0.25) is 5.02 Å². The van der Waals surface area contributed by atoms with E-state index in [2.05, 4.69) is 32.1 Å². The van der Waals surface area contributed by atoms with E-state index in [0.29, 0.717) is 0 Å². The van der Waals surface area contributed by atoms with Crippen molar-refractivity contribution in [1.29, 1.82) is 0 Å². The molecule has 2 aromatic rings. The molecule has 0 unspecified atom stereocenters. The molecule has 134 valence electrons. The van der Waals surface area contributed by atoms with Gasteiger partial charge in [0.2, 0.25) is 0 Å². The normalized spacial score (nSPS) is 18.4. The molecule has 0 spiro atoms. The molecule has 0 amide bonds. The van der Waals surface area contributed by atoms with Crippen molar-refractivity contribution in [3.8, 4) is 0 Å². The van der Waals surface area contributed by atoms with Gasteiger partial charge in [-0.1, -0.05) is 11.6 Å². The number of fused-ring (bicyclic) bond motifs is 1. The highest BCUT2D eigenvalue weighted by Crippen LogP contribution is 2.23. The summed E-state index contributed by atoms with van der Waals surface area (Å²) in [4.78, 5) is 5.05. The summed E-state index contributed by atoms with van der Waals surface area (Å²) in [5.74, 6) is 0. The number of halogens is 1. The summed E-state index contributed by atoms with van der Waals surface area (Å²) in [6.07, 6.45) is 7.37. The number of hydrogen-bond donors (Lipinski definition) is 1. The van der Waals surface area contributed by atoms with Crippen molar-refractivity contribution in [2.24, 2.45) is 0 Å². The van der Waals surface area contributed by atoms with E-state index in [1.807, 2.05) is 12.1 Å². The third-order valence-corrected chi connectivity index (χ3v) is 5.85. The number of hydrogen-bond acceptors (Lipinski definition) is 3. The number of benzene rings is 1. The SMILES string of the molecule is Clc1ccc(N2CCN(CCCc3[nH]nc4c3CCCC4)CC2)cc1. The highest BCUT2D eigenvalue weighted by atomic mass is 35.5. The molecule has 25 heavy (non-hydrogen) atoms. The first kappa shape index (κ1) is 16.9. The Bertz CT molecular complexity index is 686. The second kappa shape index (κ2) is 7.79. The van der Waals surface area contributed by atoms with E-state index >= 15 is 0 Å². The zero-order valence-electron chi connectivity index (χ0n) is 14.8. The van der Waals surface area contributed by atoms with Crippen molar-refractivity contribution >= 4 is 17.3 Å². The molecular weight excluding hydrogens is 332 g/mol. The lowest BCUT2D eigenvalue weighted by Crippen LogP contribution is -2.46. The van der Waals surface area contributed by atoms with Gasteiger partial charge in [-0.3, -0.25) is 10.00 Å². The first-order valence-electron chi connectivity index (χ1n) is 9.57. The van der Waals surface area contributed by atoms with Gasteiger partial charge in [0, 0.05) is 42.6 Å². The maximum atomic E-state index is 5.98. The van der Waals surface area contributed by atoms with Crippen LogP contribution >= 0.6 is 11.6 Å². The van der Waals surface area contributed by atoms with Gasteiger partial charge in [0.25, 0.3) is 0 Å². The van der Waals surface area contributed by atoms with Crippen molar-refractivity contribution in [1.82, 2.24) is 15.1 Å². The lowest BCUT2D eigenvalue weighted by molar-refractivity contribution is 0.255. The van der Waals surface area contributed by atoms with Crippen molar-refractivity contribution in [2.45, 2.75) is 38.5 Å². The van der Waals surface area contributed by atoms with Gasteiger partial charge in [-0.15, -0.1) is 0 Å². The highest BCUT2D eigenvalue weighted by molar-refractivity contribution is 6.30. The van der Waals surface area contributed by atoms with Crippen LogP contribution in [-0.2, 0) is 19.3 Å². The average molecular weight is 359 g/mol. The molecule has 1 N–H and O–H groups in total. The molecule has 2 aliphatic rings. The largest absolute Gasteiger partial charge is 0.369 e. The van der Waals surface area contributed by atoms with E-state index < -0.39 is 0 Å². The molecule has 0 bridgehead atoms. The summed E-state index contributed by atoms with van der Waals surface area (Å²) in [6, 6.07) is 8.21. The first-order chi connectivity index (χ1) is 12.3. The van der Waals surface area contributed by atoms with E-state index in [4.69, 9.17) is 11.6 Å². The number of rotatable bonds is 5. The molecule has 5 heteroatoms. The van der Waals surface area contributed by atoms with E-state index in [-0.39, 0.29) is 0 Å². The Morgan fingerprint density at radius 3 is 2.56 bits per heavy atom. The molecule has 1 aliphatic carbocycles. The topological polar surface area (TPSA) is 35.2 Å². The predicted molar refractivity (Wildman–Crippen MR) is 104 cm³/mol. The van der Waals surface area contributed by atoms with E-state index in [9.17, 15) is 0 Å². The van der Waals surface area contributed by atoms with Gasteiger partial charge in [-0.25, -0.2) is 0 Å². The van der Waals surface area contributed by atoms with Gasteiger partial charge in [0.15, 0.2) is 0 Å². The molecule has 1 aromatic carbocycles. The number of aryl methyl sites for hydroxylation is 2. The summed E-state index contributed by atoms with van der Waals surface area (Å²) >= 11 is 5.98. The molecule has 0 radical (unpaired) electrons. The van der Waals surface area contributed by atoms with Crippen LogP contribution in [0.15, 0.2) is 24.3 Å². The van der Waals surface area contributed by atoms with Crippen molar-refractivity contribution in [3.05, 3.63) is 46.2 Å². The molecule has 1 aliphatic heterocycles. The second-order valence-electron chi connectivity index (χ2n) is 7.24. The number of H-pyrrole nitrogens is 1. The third-order valence-electron chi connectivity index (χ3n) is 5.59. The number of aromatic nitrogens is 2. The van der Waals surface area contributed by atoms with Crippen LogP contribution in [0.1, 0.15) is 36.2 Å². The standard InChI is InChI=1S/C20H27ClN4/c21-16-7-9-17(10-8-16)25-14-12-24(13-15-25)11-3-6-20-18-4-1-2-5-19(18)22-23-20/h7-10H,1-6,11-15H2,(H,22,23). The summed E-state index contributed by atoms with van der Waals surface area (Å²) in [6.45, 7) is 5.66. The Hall–Kier alpha value is -1.52. The summed E-state index contributed by atoms with van der Waals surface area (Å²) in [7, 11) is 0. The zero-order chi connectivity index (χ0) is 17.1. The van der Waals surface area contributed by atoms with E-state index in [0.717, 1.165) is 37.6 Å². The van der Waals surface area contributed by atoms with Crippen molar-refractivity contribution < 1.29 is 0 Å². The van der Waals surface area contributed by atoms with Gasteiger partial charge < -0.3 is 4.90 Å². The molecular formula is C20H27ClN4. The molecule has 1 fully saturated rings. The lowest BCUT2D eigenvalue weighted by atomic mass is 9.94. The van der Waals surface area contributed by atoms with Gasteiger partial charge >= 0.3 is 0 Å². The number of nitrogens with zero attached hydrogens (tertiary/aromatic N) is 3. The number of anilines is 1. The number of nitrogens with one attached hydrogen (secondary N) is 1. The van der Waals surface area contributed by atoms with Crippen LogP contribution in [-0.4, -0.2) is 47.8 Å². The molecule has 4 rings (SSSR count). The van der Waals surface area contributed by atoms with Gasteiger partial charge in [-0.05, 0) is 74.9 Å². The van der Waals surface area contributed by atoms with Gasteiger partial charge in [0.05, 0.1) is 5.69 Å². The maximum Gasteiger partial charge on any atom is 0.0656 e. The second-order valence-corrected chi connectivity index (χ2v) is 7.68. The Kier molecular flexibility index (Phi) is 5.28. The Morgan fingerprint density at radius 1 is 1.00 bits per heavy atom. The minimum atomic E-state index is 0.809. The summed E-state index contributed by atoms with van der Waals surface area (Å²) in [5, 5.41) is 8.63. The fourth-order valence-electron chi connectivity index (χ4n) is 4.11. The maximum absolute atomic E-state index is 5.98. The average Bonchev–Trinajstić information content (AvgIpc) is 3.06. The molecule has 1 aromatic heterocycles. The minimum Gasteiger partial charge on any atom is -0.369 e. The zero-order valence-corrected chi connectivity index (χ0v) is 15.6. The molecule has 0 saturated carbocycles. The van der Waals surface area contributed by atoms with Crippen LogP contribution < -0.4 is 4.90 Å². The molecule has 2 heterocycles. The predicted octanol–water partition coefficient (Wildman–Crippen LogP) is 3.70. The quantitative estimate of drug-likeness (QED) is 0.885. The number of piperazine rings is 1. The monoisotopic (exact) mass is 358 g/mol. The fraction of sp³-hybridized carbons (Fsp3) is 0.550. The third kappa shape index (κ3) is 4.01. The van der Waals surface area contributed by atoms with Crippen LogP contribution in [0, 0.1) is 0 Å². The van der Waals surface area contributed by atoms with Crippen molar-refractivity contribution in [3.63, 3.8) is 0 Å². The summed E-state index contributed by atoms with van der Waals surface area (Å²) < 4.78 is 0. The lowest BCUT2D eigenvalue weighted by Gasteiger charge is -2.36. The minimum absolute atomic E-state index is 0.809. The van der Waals surface area contributed by atoms with Crippen LogP contribution in [0.5, 0.6) is 0 Å². The van der Waals surface area contributed by atoms with Crippen molar-refractivity contribution in [2.75, 3.05) is 37.6 Å². The summed E-state index contributed by atoms with van der Waals surface area (Å²) in [5.41, 5.74) is 5.54.